The Labute approximate surface area is 97.6 Å². The summed E-state index contributed by atoms with van der Waals surface area (Å²) in [6, 6.07) is 9.33. The van der Waals surface area contributed by atoms with Crippen LogP contribution in [0.3, 0.4) is 0 Å². The van der Waals surface area contributed by atoms with Crippen molar-refractivity contribution in [3.63, 3.8) is 0 Å². The highest BCUT2D eigenvalue weighted by Crippen LogP contribution is 2.16. The lowest BCUT2D eigenvalue weighted by Crippen LogP contribution is -2.13. The SMILES string of the molecule is CCOC(=O)Nc1nc(-c2ccccc2)no1. The number of carbonyl (C=O) groups is 1. The number of benzene rings is 1. The Bertz CT molecular complexity index is 496. The summed E-state index contributed by atoms with van der Waals surface area (Å²) in [6.45, 7) is 1.99. The third kappa shape index (κ3) is 2.81. The van der Waals surface area contributed by atoms with Crippen molar-refractivity contribution < 1.29 is 14.1 Å². The molecule has 0 aliphatic heterocycles. The monoisotopic (exact) mass is 233 g/mol. The maximum absolute atomic E-state index is 11.1. The number of hydrogen-bond donors (Lipinski definition) is 1. The summed E-state index contributed by atoms with van der Waals surface area (Å²) in [7, 11) is 0. The summed E-state index contributed by atoms with van der Waals surface area (Å²) in [5.74, 6) is 0.414. The average molecular weight is 233 g/mol. The minimum atomic E-state index is -0.615. The van der Waals surface area contributed by atoms with Crippen molar-refractivity contribution in [1.82, 2.24) is 10.1 Å². The number of carbonyl (C=O) groups excluding carboxylic acids is 1. The molecular weight excluding hydrogens is 222 g/mol. The molecule has 6 heteroatoms. The standard InChI is InChI=1S/C11H11N3O3/c1-2-16-11(15)13-10-12-9(14-17-10)8-6-4-3-5-7-8/h3-7H,2H2,1H3,(H,12,13,14,15). The first-order valence-electron chi connectivity index (χ1n) is 5.12. The molecule has 0 fully saturated rings. The molecule has 0 radical (unpaired) electrons. The van der Waals surface area contributed by atoms with Crippen LogP contribution >= 0.6 is 0 Å². The Balaban J connectivity index is 2.09. The van der Waals surface area contributed by atoms with Gasteiger partial charge in [-0.3, -0.25) is 0 Å². The molecule has 0 unspecified atom stereocenters. The number of anilines is 1. The fraction of sp³-hybridized carbons (Fsp3) is 0.182. The third-order valence-corrected chi connectivity index (χ3v) is 1.94. The van der Waals surface area contributed by atoms with E-state index in [0.717, 1.165) is 5.56 Å². The Morgan fingerprint density at radius 1 is 1.41 bits per heavy atom. The normalized spacial score (nSPS) is 9.94. The predicted molar refractivity (Wildman–Crippen MR) is 60.4 cm³/mol. The predicted octanol–water partition coefficient (Wildman–Crippen LogP) is 2.30. The van der Waals surface area contributed by atoms with Gasteiger partial charge in [-0.1, -0.05) is 35.5 Å². The van der Waals surface area contributed by atoms with Gasteiger partial charge in [0.1, 0.15) is 0 Å². The van der Waals surface area contributed by atoms with Crippen LogP contribution in [0.5, 0.6) is 0 Å². The van der Waals surface area contributed by atoms with Crippen LogP contribution in [0.1, 0.15) is 6.92 Å². The van der Waals surface area contributed by atoms with Crippen molar-refractivity contribution in [1.29, 1.82) is 0 Å². The topological polar surface area (TPSA) is 77.2 Å². The van der Waals surface area contributed by atoms with E-state index in [1.807, 2.05) is 30.3 Å². The molecule has 0 atom stereocenters. The molecule has 0 saturated carbocycles. The van der Waals surface area contributed by atoms with Gasteiger partial charge in [-0.25, -0.2) is 10.1 Å². The van der Waals surface area contributed by atoms with E-state index in [1.165, 1.54) is 0 Å². The summed E-state index contributed by atoms with van der Waals surface area (Å²) in [6.07, 6.45) is -0.615. The molecule has 6 nitrogen and oxygen atoms in total. The van der Waals surface area contributed by atoms with Gasteiger partial charge in [-0.2, -0.15) is 4.98 Å². The highest BCUT2D eigenvalue weighted by Gasteiger charge is 2.11. The highest BCUT2D eigenvalue weighted by atomic mass is 16.6. The molecule has 0 spiro atoms. The number of rotatable bonds is 3. The first-order chi connectivity index (χ1) is 8.29. The molecule has 0 bridgehead atoms. The van der Waals surface area contributed by atoms with Crippen LogP contribution in [-0.2, 0) is 4.74 Å². The summed E-state index contributed by atoms with van der Waals surface area (Å²) in [5, 5.41) is 6.07. The van der Waals surface area contributed by atoms with Gasteiger partial charge in [0.15, 0.2) is 0 Å². The van der Waals surface area contributed by atoms with Gasteiger partial charge < -0.3 is 9.26 Å². The van der Waals surface area contributed by atoms with Crippen molar-refractivity contribution >= 4 is 12.1 Å². The van der Waals surface area contributed by atoms with E-state index in [0.29, 0.717) is 5.82 Å². The summed E-state index contributed by atoms with van der Waals surface area (Å²) in [4.78, 5) is 15.1. The first kappa shape index (κ1) is 11.1. The first-order valence-corrected chi connectivity index (χ1v) is 5.12. The Hall–Kier alpha value is -2.37. The zero-order valence-electron chi connectivity index (χ0n) is 9.21. The molecule has 1 N–H and O–H groups in total. The van der Waals surface area contributed by atoms with Crippen LogP contribution in [0, 0.1) is 0 Å². The number of nitrogens with one attached hydrogen (secondary N) is 1. The number of hydrogen-bond acceptors (Lipinski definition) is 5. The molecule has 88 valence electrons. The molecule has 2 aromatic rings. The van der Waals surface area contributed by atoms with Gasteiger partial charge >= 0.3 is 12.1 Å². The molecule has 2 rings (SSSR count). The highest BCUT2D eigenvalue weighted by molar-refractivity contribution is 5.81. The lowest BCUT2D eigenvalue weighted by Gasteiger charge is -1.98. The second kappa shape index (κ2) is 5.11. The fourth-order valence-corrected chi connectivity index (χ4v) is 1.23. The largest absolute Gasteiger partial charge is 0.450 e. The van der Waals surface area contributed by atoms with E-state index < -0.39 is 6.09 Å². The van der Waals surface area contributed by atoms with Crippen molar-refractivity contribution in [3.8, 4) is 11.4 Å². The minimum absolute atomic E-state index is 0.0160. The number of nitrogens with zero attached hydrogens (tertiary/aromatic N) is 2. The van der Waals surface area contributed by atoms with Crippen molar-refractivity contribution in [3.05, 3.63) is 30.3 Å². The van der Waals surface area contributed by atoms with Crippen LogP contribution in [0.2, 0.25) is 0 Å². The van der Waals surface area contributed by atoms with Crippen LogP contribution in [0.25, 0.3) is 11.4 Å². The van der Waals surface area contributed by atoms with E-state index >= 15 is 0 Å². The van der Waals surface area contributed by atoms with Crippen molar-refractivity contribution in [2.24, 2.45) is 0 Å². The average Bonchev–Trinajstić information content (AvgIpc) is 2.79. The smallest absolute Gasteiger partial charge is 0.415 e. The van der Waals surface area contributed by atoms with Gasteiger partial charge in [-0.05, 0) is 6.92 Å². The van der Waals surface area contributed by atoms with Gasteiger partial charge in [0.05, 0.1) is 6.61 Å². The zero-order chi connectivity index (χ0) is 12.1. The van der Waals surface area contributed by atoms with Crippen molar-refractivity contribution in [2.45, 2.75) is 6.92 Å². The van der Waals surface area contributed by atoms with Gasteiger partial charge in [0.2, 0.25) is 5.82 Å². The quantitative estimate of drug-likeness (QED) is 0.880. The van der Waals surface area contributed by atoms with Crippen LogP contribution in [-0.4, -0.2) is 22.8 Å². The van der Waals surface area contributed by atoms with Crippen molar-refractivity contribution in [2.75, 3.05) is 11.9 Å². The Kier molecular flexibility index (Phi) is 3.34. The van der Waals surface area contributed by atoms with Crippen LogP contribution in [0.15, 0.2) is 34.9 Å². The van der Waals surface area contributed by atoms with Crippen LogP contribution in [0.4, 0.5) is 10.8 Å². The third-order valence-electron chi connectivity index (χ3n) is 1.94. The number of ether oxygens (including phenoxy) is 1. The van der Waals surface area contributed by atoms with E-state index in [4.69, 9.17) is 4.52 Å². The molecule has 1 amide bonds. The number of amides is 1. The molecule has 17 heavy (non-hydrogen) atoms. The minimum Gasteiger partial charge on any atom is -0.450 e. The van der Waals surface area contributed by atoms with E-state index in [1.54, 1.807) is 6.92 Å². The van der Waals surface area contributed by atoms with Crippen LogP contribution < -0.4 is 5.32 Å². The molecule has 1 aromatic heterocycles. The van der Waals surface area contributed by atoms with E-state index in [2.05, 4.69) is 20.2 Å². The molecular formula is C11H11N3O3. The maximum atomic E-state index is 11.1. The second-order valence-corrected chi connectivity index (χ2v) is 3.13. The molecule has 0 saturated heterocycles. The zero-order valence-corrected chi connectivity index (χ0v) is 9.21. The van der Waals surface area contributed by atoms with Gasteiger partial charge in [0, 0.05) is 5.56 Å². The Morgan fingerprint density at radius 3 is 2.88 bits per heavy atom. The maximum Gasteiger partial charge on any atom is 0.415 e. The molecule has 0 aliphatic carbocycles. The van der Waals surface area contributed by atoms with Gasteiger partial charge in [-0.15, -0.1) is 0 Å². The second-order valence-electron chi connectivity index (χ2n) is 3.13. The van der Waals surface area contributed by atoms with E-state index in [-0.39, 0.29) is 12.6 Å². The molecule has 1 heterocycles. The Morgan fingerprint density at radius 2 is 2.18 bits per heavy atom. The number of aromatic nitrogens is 2. The lowest BCUT2D eigenvalue weighted by atomic mass is 10.2. The van der Waals surface area contributed by atoms with Gasteiger partial charge in [0.25, 0.3) is 0 Å². The van der Waals surface area contributed by atoms with E-state index in [9.17, 15) is 4.79 Å². The summed E-state index contributed by atoms with van der Waals surface area (Å²) in [5.41, 5.74) is 0.813. The molecule has 1 aromatic carbocycles. The fourth-order valence-electron chi connectivity index (χ4n) is 1.23. The molecule has 0 aliphatic rings. The summed E-state index contributed by atoms with van der Waals surface area (Å²) < 4.78 is 9.55. The summed E-state index contributed by atoms with van der Waals surface area (Å²) >= 11 is 0. The lowest BCUT2D eigenvalue weighted by molar-refractivity contribution is 0.167.